The average Bonchev–Trinajstić information content (AvgIpc) is 2.45. The number of halogens is 3. The second-order valence-corrected chi connectivity index (χ2v) is 3.10. The molecule has 1 nitrogen and oxygen atoms in total. The van der Waals surface area contributed by atoms with Crippen LogP contribution >= 0.6 is 0 Å². The average molecular weight is 187 g/mol. The molecular formula is C9H8F3N. The Morgan fingerprint density at radius 2 is 1.92 bits per heavy atom. The van der Waals surface area contributed by atoms with Crippen LogP contribution in [-0.4, -0.2) is 12.2 Å². The Bertz CT molecular complexity index is 294. The maximum absolute atomic E-state index is 12.3. The van der Waals surface area contributed by atoms with Crippen molar-refractivity contribution in [2.75, 3.05) is 5.32 Å². The first kappa shape index (κ1) is 8.41. The smallest absolute Gasteiger partial charge is 0.373 e. The van der Waals surface area contributed by atoms with Gasteiger partial charge in [0.25, 0.3) is 0 Å². The zero-order valence-electron chi connectivity index (χ0n) is 6.73. The monoisotopic (exact) mass is 187 g/mol. The lowest BCUT2D eigenvalue weighted by molar-refractivity contribution is -0.140. The number of alkyl halides is 3. The SMILES string of the molecule is FC(F)(F)C1Cc2ccccc2N1. The molecular weight excluding hydrogens is 179 g/mol. The van der Waals surface area contributed by atoms with Gasteiger partial charge in [-0.15, -0.1) is 0 Å². The highest BCUT2D eigenvalue weighted by molar-refractivity contribution is 5.56. The number of fused-ring (bicyclic) bond motifs is 1. The molecule has 1 N–H and O–H groups in total. The molecule has 1 heterocycles. The van der Waals surface area contributed by atoms with Crippen molar-refractivity contribution in [3.63, 3.8) is 0 Å². The first-order chi connectivity index (χ1) is 6.07. The van der Waals surface area contributed by atoms with Crippen LogP contribution in [0.2, 0.25) is 0 Å². The van der Waals surface area contributed by atoms with Crippen molar-refractivity contribution in [3.05, 3.63) is 29.8 Å². The fourth-order valence-electron chi connectivity index (χ4n) is 1.50. The van der Waals surface area contributed by atoms with Crippen LogP contribution in [-0.2, 0) is 6.42 Å². The van der Waals surface area contributed by atoms with E-state index in [-0.39, 0.29) is 6.42 Å². The van der Waals surface area contributed by atoms with Crippen LogP contribution in [0.25, 0.3) is 0 Å². The van der Waals surface area contributed by atoms with Gasteiger partial charge in [-0.25, -0.2) is 0 Å². The molecule has 1 unspecified atom stereocenters. The summed E-state index contributed by atoms with van der Waals surface area (Å²) in [6.45, 7) is 0. The van der Waals surface area contributed by atoms with Gasteiger partial charge in [0, 0.05) is 12.1 Å². The van der Waals surface area contributed by atoms with Gasteiger partial charge in [-0.1, -0.05) is 18.2 Å². The second kappa shape index (κ2) is 2.65. The number of rotatable bonds is 0. The van der Waals surface area contributed by atoms with Gasteiger partial charge in [0.05, 0.1) is 0 Å². The zero-order valence-corrected chi connectivity index (χ0v) is 6.73. The number of benzene rings is 1. The normalized spacial score (nSPS) is 21.0. The molecule has 13 heavy (non-hydrogen) atoms. The van der Waals surface area contributed by atoms with Crippen LogP contribution in [0.1, 0.15) is 5.56 Å². The summed E-state index contributed by atoms with van der Waals surface area (Å²) in [5.74, 6) is 0. The molecule has 2 rings (SSSR count). The Balaban J connectivity index is 2.23. The highest BCUT2D eigenvalue weighted by atomic mass is 19.4. The van der Waals surface area contributed by atoms with E-state index in [1.807, 2.05) is 0 Å². The first-order valence-electron chi connectivity index (χ1n) is 3.98. The Kier molecular flexibility index (Phi) is 1.71. The molecule has 0 saturated heterocycles. The standard InChI is InChI=1S/C9H8F3N/c10-9(11,12)8-5-6-3-1-2-4-7(6)13-8/h1-4,8,13H,5H2. The van der Waals surface area contributed by atoms with E-state index in [4.69, 9.17) is 0 Å². The number of hydrogen-bond donors (Lipinski definition) is 1. The van der Waals surface area contributed by atoms with Gasteiger partial charge < -0.3 is 5.32 Å². The molecule has 1 aromatic carbocycles. The summed E-state index contributed by atoms with van der Waals surface area (Å²) in [4.78, 5) is 0. The van der Waals surface area contributed by atoms with Crippen LogP contribution < -0.4 is 5.32 Å². The maximum atomic E-state index is 12.3. The molecule has 1 aromatic rings. The van der Waals surface area contributed by atoms with Gasteiger partial charge >= 0.3 is 6.18 Å². The van der Waals surface area contributed by atoms with Gasteiger partial charge in [0.1, 0.15) is 6.04 Å². The fourth-order valence-corrected chi connectivity index (χ4v) is 1.50. The topological polar surface area (TPSA) is 12.0 Å². The number of anilines is 1. The van der Waals surface area contributed by atoms with Crippen molar-refractivity contribution < 1.29 is 13.2 Å². The van der Waals surface area contributed by atoms with Crippen LogP contribution in [0.3, 0.4) is 0 Å². The van der Waals surface area contributed by atoms with E-state index in [0.29, 0.717) is 5.69 Å². The minimum absolute atomic E-state index is 0.0413. The molecule has 0 amide bonds. The summed E-state index contributed by atoms with van der Waals surface area (Å²) in [6, 6.07) is 5.45. The molecule has 0 saturated carbocycles. The zero-order chi connectivity index (χ0) is 9.47. The van der Waals surface area contributed by atoms with Crippen molar-refractivity contribution >= 4 is 5.69 Å². The van der Waals surface area contributed by atoms with Crippen molar-refractivity contribution in [2.45, 2.75) is 18.6 Å². The third kappa shape index (κ3) is 1.48. The van der Waals surface area contributed by atoms with E-state index in [0.717, 1.165) is 5.56 Å². The summed E-state index contributed by atoms with van der Waals surface area (Å²) in [7, 11) is 0. The predicted octanol–water partition coefficient (Wildman–Crippen LogP) is 2.59. The summed E-state index contributed by atoms with van der Waals surface area (Å²) in [6.07, 6.45) is -4.11. The first-order valence-corrected chi connectivity index (χ1v) is 3.98. The van der Waals surface area contributed by atoms with Crippen LogP contribution in [0.4, 0.5) is 18.9 Å². The van der Waals surface area contributed by atoms with E-state index < -0.39 is 12.2 Å². The summed E-state index contributed by atoms with van der Waals surface area (Å²) in [5, 5.41) is 2.45. The fraction of sp³-hybridized carbons (Fsp3) is 0.333. The minimum atomic E-state index is -4.15. The highest BCUT2D eigenvalue weighted by Crippen LogP contribution is 2.33. The Morgan fingerprint density at radius 1 is 1.23 bits per heavy atom. The molecule has 0 fully saturated rings. The molecule has 4 heteroatoms. The molecule has 0 bridgehead atoms. The molecule has 1 aliphatic rings. The summed E-state index contributed by atoms with van der Waals surface area (Å²) >= 11 is 0. The van der Waals surface area contributed by atoms with Gasteiger partial charge in [-0.3, -0.25) is 0 Å². The third-order valence-corrected chi connectivity index (χ3v) is 2.17. The van der Waals surface area contributed by atoms with Gasteiger partial charge in [-0.05, 0) is 11.6 Å². The third-order valence-electron chi connectivity index (χ3n) is 2.17. The molecule has 0 aromatic heterocycles. The van der Waals surface area contributed by atoms with E-state index >= 15 is 0 Å². The molecule has 0 aliphatic carbocycles. The molecule has 1 atom stereocenters. The maximum Gasteiger partial charge on any atom is 0.408 e. The van der Waals surface area contributed by atoms with E-state index in [2.05, 4.69) is 5.32 Å². The quantitative estimate of drug-likeness (QED) is 0.658. The largest absolute Gasteiger partial charge is 0.408 e. The Morgan fingerprint density at radius 3 is 2.54 bits per heavy atom. The lowest BCUT2D eigenvalue weighted by atomic mass is 10.1. The number of hydrogen-bond acceptors (Lipinski definition) is 1. The Labute approximate surface area is 73.6 Å². The molecule has 0 spiro atoms. The molecule has 70 valence electrons. The van der Waals surface area contributed by atoms with Gasteiger partial charge in [0.2, 0.25) is 0 Å². The van der Waals surface area contributed by atoms with E-state index in [1.54, 1.807) is 24.3 Å². The van der Waals surface area contributed by atoms with Crippen molar-refractivity contribution in [1.29, 1.82) is 0 Å². The Hall–Kier alpha value is -1.19. The molecule has 1 aliphatic heterocycles. The van der Waals surface area contributed by atoms with Crippen LogP contribution in [0.15, 0.2) is 24.3 Å². The van der Waals surface area contributed by atoms with Crippen molar-refractivity contribution in [3.8, 4) is 0 Å². The summed E-state index contributed by atoms with van der Waals surface area (Å²) in [5.41, 5.74) is 1.34. The van der Waals surface area contributed by atoms with E-state index in [1.165, 1.54) is 0 Å². The molecule has 0 radical (unpaired) electrons. The van der Waals surface area contributed by atoms with Crippen LogP contribution in [0, 0.1) is 0 Å². The highest BCUT2D eigenvalue weighted by Gasteiger charge is 2.42. The predicted molar refractivity (Wildman–Crippen MR) is 43.6 cm³/mol. The lowest BCUT2D eigenvalue weighted by Crippen LogP contribution is -2.34. The van der Waals surface area contributed by atoms with Crippen LogP contribution in [0.5, 0.6) is 0 Å². The van der Waals surface area contributed by atoms with Gasteiger partial charge in [-0.2, -0.15) is 13.2 Å². The number of nitrogens with one attached hydrogen (secondary N) is 1. The minimum Gasteiger partial charge on any atom is -0.373 e. The number of para-hydroxylation sites is 1. The summed E-state index contributed by atoms with van der Waals surface area (Å²) < 4.78 is 36.8. The lowest BCUT2D eigenvalue weighted by Gasteiger charge is -2.14. The van der Waals surface area contributed by atoms with Gasteiger partial charge in [0.15, 0.2) is 0 Å². The van der Waals surface area contributed by atoms with E-state index in [9.17, 15) is 13.2 Å². The second-order valence-electron chi connectivity index (χ2n) is 3.10. The van der Waals surface area contributed by atoms with Crippen molar-refractivity contribution in [2.24, 2.45) is 0 Å². The van der Waals surface area contributed by atoms with Crippen molar-refractivity contribution in [1.82, 2.24) is 0 Å².